The van der Waals surface area contributed by atoms with E-state index in [9.17, 15) is 19.8 Å². The second-order valence-electron chi connectivity index (χ2n) is 13.2. The lowest BCUT2D eigenvalue weighted by molar-refractivity contribution is -0.148. The van der Waals surface area contributed by atoms with Gasteiger partial charge >= 0.3 is 0 Å². The summed E-state index contributed by atoms with van der Waals surface area (Å²) >= 11 is 0. The topological polar surface area (TPSA) is 110 Å². The van der Waals surface area contributed by atoms with Crippen molar-refractivity contribution in [2.75, 3.05) is 27.2 Å². The molecule has 2 unspecified atom stereocenters. The number of hydrogen-bond donors (Lipinski definition) is 3. The maximum absolute atomic E-state index is 14.5. The highest BCUT2D eigenvalue weighted by atomic mass is 16.3. The normalized spacial score (nSPS) is 16.6. The van der Waals surface area contributed by atoms with Crippen LogP contribution in [0.2, 0.25) is 0 Å². The number of rotatable bonds is 13. The zero-order valence-electron chi connectivity index (χ0n) is 27.6. The molecule has 0 aliphatic carbocycles. The van der Waals surface area contributed by atoms with Gasteiger partial charge in [-0.3, -0.25) is 14.5 Å². The number of nitrogens with zero attached hydrogens (tertiary/aromatic N) is 3. The van der Waals surface area contributed by atoms with E-state index >= 15 is 0 Å². The van der Waals surface area contributed by atoms with E-state index in [0.29, 0.717) is 45.2 Å². The highest BCUT2D eigenvalue weighted by Crippen LogP contribution is 2.23. The summed E-state index contributed by atoms with van der Waals surface area (Å²) in [5.41, 5.74) is 9.74. The third-order valence-corrected chi connectivity index (χ3v) is 8.84. The van der Waals surface area contributed by atoms with Crippen LogP contribution in [-0.2, 0) is 22.4 Å². The van der Waals surface area contributed by atoms with Crippen LogP contribution in [-0.4, -0.2) is 93.9 Å². The molecule has 1 saturated heterocycles. The molecule has 0 saturated carbocycles. The van der Waals surface area contributed by atoms with E-state index in [1.165, 1.54) is 11.0 Å². The fourth-order valence-corrected chi connectivity index (χ4v) is 5.90. The molecule has 0 bridgehead atoms. The number of aliphatic hydroxyl groups is 2. The first-order valence-electron chi connectivity index (χ1n) is 16.2. The van der Waals surface area contributed by atoms with E-state index in [1.807, 2.05) is 91.5 Å². The van der Waals surface area contributed by atoms with Gasteiger partial charge in [-0.25, -0.2) is 0 Å². The number of amides is 2. The lowest BCUT2D eigenvalue weighted by atomic mass is 9.97. The minimum Gasteiger partial charge on any atom is -0.393 e. The van der Waals surface area contributed by atoms with Crippen molar-refractivity contribution in [3.63, 3.8) is 0 Å². The molecule has 0 spiro atoms. The van der Waals surface area contributed by atoms with Crippen LogP contribution in [0.25, 0.3) is 11.1 Å². The Morgan fingerprint density at radius 1 is 0.870 bits per heavy atom. The number of carbonyl (C=O) groups is 2. The van der Waals surface area contributed by atoms with Crippen molar-refractivity contribution in [1.29, 1.82) is 0 Å². The molecule has 4 rings (SSSR count). The van der Waals surface area contributed by atoms with Gasteiger partial charge in [0.25, 0.3) is 0 Å². The predicted molar refractivity (Wildman–Crippen MR) is 184 cm³/mol. The van der Waals surface area contributed by atoms with Gasteiger partial charge in [-0.15, -0.1) is 0 Å². The SMILES string of the molecule is CN(C(=O)[C@@H](Cc1ccc(-c2ccccc2)cc1)N(C)C(=O)/C=C/CC(C)(C)N)C(Cc1ccccc1)C(O)N1CCC(O)CC1. The standard InChI is InChI=1S/C38H50N4O4/c1-38(2,39)23-11-16-35(44)40(3)33(27-29-17-19-31(20-18-29)30-14-9-6-10-15-30)36(45)41(4)34(26-28-12-7-5-8-13-28)37(46)42-24-21-32(43)22-25-42/h5-20,32-34,37,43,46H,21-27,39H2,1-4H3/b16-11+/t33-,34?,37?/m1/s1. The number of carbonyl (C=O) groups excluding carboxylic acids is 2. The molecule has 1 fully saturated rings. The van der Waals surface area contributed by atoms with Crippen molar-refractivity contribution in [1.82, 2.24) is 14.7 Å². The van der Waals surface area contributed by atoms with Gasteiger partial charge in [0.2, 0.25) is 11.8 Å². The molecule has 8 heteroatoms. The van der Waals surface area contributed by atoms with E-state index in [-0.39, 0.29) is 17.9 Å². The molecule has 3 atom stereocenters. The number of hydrogen-bond acceptors (Lipinski definition) is 6. The Kier molecular flexibility index (Phi) is 12.3. The van der Waals surface area contributed by atoms with Crippen LogP contribution in [0.15, 0.2) is 97.1 Å². The number of benzene rings is 3. The third-order valence-electron chi connectivity index (χ3n) is 8.84. The molecule has 3 aromatic carbocycles. The number of likely N-dealkylation sites (tertiary alicyclic amines) is 1. The first kappa shape index (κ1) is 35.0. The summed E-state index contributed by atoms with van der Waals surface area (Å²) in [4.78, 5) is 33.0. The Morgan fingerprint density at radius 3 is 2.00 bits per heavy atom. The zero-order valence-corrected chi connectivity index (χ0v) is 27.6. The second kappa shape index (κ2) is 16.1. The van der Waals surface area contributed by atoms with E-state index in [4.69, 9.17) is 5.73 Å². The van der Waals surface area contributed by atoms with Crippen LogP contribution >= 0.6 is 0 Å². The molecule has 0 aromatic heterocycles. The van der Waals surface area contributed by atoms with Gasteiger partial charge in [-0.05, 0) is 67.9 Å². The molecule has 3 aromatic rings. The van der Waals surface area contributed by atoms with Crippen molar-refractivity contribution in [2.45, 2.75) is 75.9 Å². The van der Waals surface area contributed by atoms with Crippen LogP contribution in [0, 0.1) is 0 Å². The average molecular weight is 627 g/mol. The van der Waals surface area contributed by atoms with Gasteiger partial charge in [-0.1, -0.05) is 91.0 Å². The molecule has 2 amide bonds. The second-order valence-corrected chi connectivity index (χ2v) is 13.2. The van der Waals surface area contributed by atoms with Crippen molar-refractivity contribution in [3.05, 3.63) is 108 Å². The highest BCUT2D eigenvalue weighted by Gasteiger charge is 2.37. The van der Waals surface area contributed by atoms with Gasteiger partial charge in [0, 0.05) is 39.1 Å². The molecule has 4 N–H and O–H groups in total. The highest BCUT2D eigenvalue weighted by molar-refractivity contribution is 5.93. The number of piperidine rings is 1. The maximum Gasteiger partial charge on any atom is 0.246 e. The number of likely N-dealkylation sites (N-methyl/N-ethyl adjacent to an activating group) is 2. The molecule has 8 nitrogen and oxygen atoms in total. The van der Waals surface area contributed by atoms with Crippen molar-refractivity contribution >= 4 is 11.8 Å². The molecular weight excluding hydrogens is 576 g/mol. The summed E-state index contributed by atoms with van der Waals surface area (Å²) < 4.78 is 0. The summed E-state index contributed by atoms with van der Waals surface area (Å²) in [6, 6.07) is 26.6. The van der Waals surface area contributed by atoms with Gasteiger partial charge in [0.05, 0.1) is 12.1 Å². The van der Waals surface area contributed by atoms with Crippen LogP contribution in [0.5, 0.6) is 0 Å². The summed E-state index contributed by atoms with van der Waals surface area (Å²) in [7, 11) is 3.37. The Hall–Kier alpha value is -3.82. The molecule has 1 aliphatic rings. The fraction of sp³-hybridized carbons (Fsp3) is 0.421. The Labute approximate surface area is 274 Å². The quantitative estimate of drug-likeness (QED) is 0.245. The predicted octanol–water partition coefficient (Wildman–Crippen LogP) is 4.25. The monoisotopic (exact) mass is 626 g/mol. The lowest BCUT2D eigenvalue weighted by Gasteiger charge is -2.42. The van der Waals surface area contributed by atoms with Crippen LogP contribution < -0.4 is 5.73 Å². The van der Waals surface area contributed by atoms with E-state index in [1.54, 1.807) is 25.1 Å². The summed E-state index contributed by atoms with van der Waals surface area (Å²) in [5.74, 6) is -0.547. The first-order valence-corrected chi connectivity index (χ1v) is 16.2. The smallest absolute Gasteiger partial charge is 0.246 e. The molecular formula is C38H50N4O4. The summed E-state index contributed by atoms with van der Waals surface area (Å²) in [5, 5.41) is 21.8. The first-order chi connectivity index (χ1) is 21.9. The lowest BCUT2D eigenvalue weighted by Crippen LogP contribution is -2.59. The van der Waals surface area contributed by atoms with Gasteiger partial charge in [0.15, 0.2) is 0 Å². The Bertz CT molecular complexity index is 1410. The van der Waals surface area contributed by atoms with Crippen molar-refractivity contribution in [3.8, 4) is 11.1 Å². The van der Waals surface area contributed by atoms with Crippen molar-refractivity contribution < 1.29 is 19.8 Å². The minimum atomic E-state index is -0.944. The largest absolute Gasteiger partial charge is 0.393 e. The Morgan fingerprint density at radius 2 is 1.41 bits per heavy atom. The number of aliphatic hydroxyl groups excluding tert-OH is 2. The molecule has 246 valence electrons. The zero-order chi connectivity index (χ0) is 33.3. The van der Waals surface area contributed by atoms with E-state index in [2.05, 4.69) is 12.1 Å². The third kappa shape index (κ3) is 9.84. The van der Waals surface area contributed by atoms with Crippen molar-refractivity contribution in [2.24, 2.45) is 5.73 Å². The van der Waals surface area contributed by atoms with Gasteiger partial charge < -0.3 is 25.7 Å². The van der Waals surface area contributed by atoms with Gasteiger partial charge in [0.1, 0.15) is 12.3 Å². The fourth-order valence-electron chi connectivity index (χ4n) is 5.90. The minimum absolute atomic E-state index is 0.257. The average Bonchev–Trinajstić information content (AvgIpc) is 3.05. The van der Waals surface area contributed by atoms with E-state index in [0.717, 1.165) is 22.3 Å². The summed E-state index contributed by atoms with van der Waals surface area (Å²) in [6.45, 7) is 4.86. The number of nitrogens with two attached hydrogens (primary N) is 1. The van der Waals surface area contributed by atoms with Crippen LogP contribution in [0.3, 0.4) is 0 Å². The Balaban J connectivity index is 1.63. The molecule has 1 aliphatic heterocycles. The molecule has 46 heavy (non-hydrogen) atoms. The molecule has 1 heterocycles. The van der Waals surface area contributed by atoms with Crippen LogP contribution in [0.1, 0.15) is 44.2 Å². The van der Waals surface area contributed by atoms with Gasteiger partial charge in [-0.2, -0.15) is 0 Å². The van der Waals surface area contributed by atoms with E-state index < -0.39 is 23.9 Å². The van der Waals surface area contributed by atoms with Crippen LogP contribution in [0.4, 0.5) is 0 Å². The maximum atomic E-state index is 14.5. The molecule has 0 radical (unpaired) electrons. The summed E-state index contributed by atoms with van der Waals surface area (Å²) in [6.07, 6.45) is 4.31.